The lowest BCUT2D eigenvalue weighted by atomic mass is 10.0. The van der Waals surface area contributed by atoms with Crippen LogP contribution in [0.1, 0.15) is 54.8 Å². The third-order valence-electron chi connectivity index (χ3n) is 6.95. The van der Waals surface area contributed by atoms with Crippen LogP contribution in [0.5, 0.6) is 5.75 Å². The van der Waals surface area contributed by atoms with Gasteiger partial charge in [0, 0.05) is 22.8 Å². The summed E-state index contributed by atoms with van der Waals surface area (Å²) < 4.78 is 12.8. The van der Waals surface area contributed by atoms with Gasteiger partial charge in [-0.3, -0.25) is 9.69 Å². The molecule has 0 saturated heterocycles. The first-order valence-electron chi connectivity index (χ1n) is 12.4. The fourth-order valence-corrected chi connectivity index (χ4v) is 4.93. The summed E-state index contributed by atoms with van der Waals surface area (Å²) in [5, 5.41) is 0. The molecule has 6 heteroatoms. The van der Waals surface area contributed by atoms with E-state index in [0.29, 0.717) is 22.9 Å². The van der Waals surface area contributed by atoms with E-state index in [0.717, 1.165) is 34.0 Å². The number of carbonyl (C=O) groups excluding carboxylic acids is 2. The molecule has 1 aliphatic heterocycles. The Morgan fingerprint density at radius 1 is 0.946 bits per heavy atom. The summed E-state index contributed by atoms with van der Waals surface area (Å²) in [6.45, 7) is 12.1. The first-order chi connectivity index (χ1) is 17.6. The summed E-state index contributed by atoms with van der Waals surface area (Å²) in [5.41, 5.74) is 7.83. The van der Waals surface area contributed by atoms with Crippen molar-refractivity contribution in [2.75, 3.05) is 19.1 Å². The Labute approximate surface area is 218 Å². The molecule has 0 aliphatic carbocycles. The minimum absolute atomic E-state index is 0.256. The van der Waals surface area contributed by atoms with Gasteiger partial charge in [-0.15, -0.1) is 0 Å². The number of aromatic nitrogens is 1. The predicted molar refractivity (Wildman–Crippen MR) is 147 cm³/mol. The number of ether oxygens (including phenoxy) is 2. The number of esters is 1. The topological polar surface area (TPSA) is 60.8 Å². The zero-order valence-corrected chi connectivity index (χ0v) is 22.8. The van der Waals surface area contributed by atoms with Gasteiger partial charge in [0.1, 0.15) is 5.75 Å². The van der Waals surface area contributed by atoms with Gasteiger partial charge in [0.15, 0.2) is 0 Å². The Bertz CT molecular complexity index is 1440. The molecule has 2 heterocycles. The standard InChI is InChI=1S/C31H34N2O4/c1-18(2)23-10-12-25(13-11-23)33-22(6)29(31(35)37-8)26(30(33)34)17-24-16-20(4)32(21(24)5)27-15-19(3)9-14-28(27)36-7/h9-18H,1-8H3/b26-17-. The van der Waals surface area contributed by atoms with Gasteiger partial charge in [0.2, 0.25) is 0 Å². The number of allylic oxidation sites excluding steroid dienone is 1. The summed E-state index contributed by atoms with van der Waals surface area (Å²) in [7, 11) is 2.99. The normalized spacial score (nSPS) is 14.8. The number of anilines is 1. The molecule has 0 fully saturated rings. The van der Waals surface area contributed by atoms with Crippen molar-refractivity contribution in [2.45, 2.75) is 47.5 Å². The molecule has 37 heavy (non-hydrogen) atoms. The van der Waals surface area contributed by atoms with E-state index in [1.54, 1.807) is 25.0 Å². The molecule has 6 nitrogen and oxygen atoms in total. The average Bonchev–Trinajstić information content (AvgIpc) is 3.29. The predicted octanol–water partition coefficient (Wildman–Crippen LogP) is 6.41. The van der Waals surface area contributed by atoms with Crippen molar-refractivity contribution < 1.29 is 19.1 Å². The molecule has 1 aromatic heterocycles. The number of carbonyl (C=O) groups is 2. The Morgan fingerprint density at radius 2 is 1.62 bits per heavy atom. The van der Waals surface area contributed by atoms with Crippen LogP contribution in [0.2, 0.25) is 0 Å². The van der Waals surface area contributed by atoms with E-state index in [1.807, 2.05) is 63.2 Å². The van der Waals surface area contributed by atoms with E-state index in [-0.39, 0.29) is 11.5 Å². The molecule has 0 saturated carbocycles. The Balaban J connectivity index is 1.84. The third-order valence-corrected chi connectivity index (χ3v) is 6.95. The largest absolute Gasteiger partial charge is 0.495 e. The number of rotatable bonds is 6. The monoisotopic (exact) mass is 498 g/mol. The molecule has 3 aromatic rings. The van der Waals surface area contributed by atoms with E-state index in [2.05, 4.69) is 24.5 Å². The second-order valence-electron chi connectivity index (χ2n) is 9.73. The number of methoxy groups -OCH3 is 2. The van der Waals surface area contributed by atoms with Crippen LogP contribution < -0.4 is 9.64 Å². The highest BCUT2D eigenvalue weighted by Gasteiger charge is 2.38. The number of amides is 1. The van der Waals surface area contributed by atoms with E-state index >= 15 is 0 Å². The minimum Gasteiger partial charge on any atom is -0.495 e. The maximum absolute atomic E-state index is 13.8. The molecule has 1 aliphatic rings. The lowest BCUT2D eigenvalue weighted by molar-refractivity contribution is -0.136. The molecule has 192 valence electrons. The summed E-state index contributed by atoms with van der Waals surface area (Å²) >= 11 is 0. The van der Waals surface area contributed by atoms with Gasteiger partial charge in [-0.1, -0.05) is 32.0 Å². The number of nitrogens with zero attached hydrogens (tertiary/aromatic N) is 2. The van der Waals surface area contributed by atoms with Crippen molar-refractivity contribution in [3.8, 4) is 11.4 Å². The fourth-order valence-electron chi connectivity index (χ4n) is 4.93. The average molecular weight is 499 g/mol. The molecule has 0 bridgehead atoms. The van der Waals surface area contributed by atoms with Gasteiger partial charge in [0.05, 0.1) is 31.1 Å². The second kappa shape index (κ2) is 10.1. The maximum Gasteiger partial charge on any atom is 0.340 e. The van der Waals surface area contributed by atoms with Crippen LogP contribution in [-0.2, 0) is 14.3 Å². The Morgan fingerprint density at radius 3 is 2.22 bits per heavy atom. The summed E-state index contributed by atoms with van der Waals surface area (Å²) in [6.07, 6.45) is 1.79. The zero-order chi connectivity index (χ0) is 27.0. The molecule has 0 radical (unpaired) electrons. The fraction of sp³-hybridized carbons (Fsp3) is 0.290. The molecular formula is C31H34N2O4. The quantitative estimate of drug-likeness (QED) is 0.291. The van der Waals surface area contributed by atoms with Gasteiger partial charge >= 0.3 is 5.97 Å². The first-order valence-corrected chi connectivity index (χ1v) is 12.4. The second-order valence-corrected chi connectivity index (χ2v) is 9.73. The van der Waals surface area contributed by atoms with Gasteiger partial charge in [-0.2, -0.15) is 0 Å². The van der Waals surface area contributed by atoms with Crippen LogP contribution in [0.15, 0.2) is 65.4 Å². The SMILES string of the molecule is COC(=O)C1=C(C)N(c2ccc(C(C)C)cc2)C(=O)/C1=C\c1cc(C)n(-c2cc(C)ccc2OC)c1C. The Kier molecular flexibility index (Phi) is 7.12. The number of benzene rings is 2. The number of aryl methyl sites for hydroxylation is 2. The molecular weight excluding hydrogens is 464 g/mol. The molecule has 4 rings (SSSR count). The van der Waals surface area contributed by atoms with Crippen molar-refractivity contribution in [1.29, 1.82) is 0 Å². The van der Waals surface area contributed by atoms with Crippen molar-refractivity contribution in [1.82, 2.24) is 4.57 Å². The molecule has 0 unspecified atom stereocenters. The van der Waals surface area contributed by atoms with Crippen molar-refractivity contribution in [3.63, 3.8) is 0 Å². The van der Waals surface area contributed by atoms with Crippen molar-refractivity contribution in [3.05, 3.63) is 93.5 Å². The van der Waals surface area contributed by atoms with Gasteiger partial charge in [-0.25, -0.2) is 4.79 Å². The van der Waals surface area contributed by atoms with Crippen LogP contribution in [-0.4, -0.2) is 30.7 Å². The highest BCUT2D eigenvalue weighted by atomic mass is 16.5. The molecule has 0 atom stereocenters. The van der Waals surface area contributed by atoms with E-state index in [1.165, 1.54) is 12.7 Å². The van der Waals surface area contributed by atoms with Gasteiger partial charge < -0.3 is 14.0 Å². The van der Waals surface area contributed by atoms with Crippen molar-refractivity contribution >= 4 is 23.6 Å². The van der Waals surface area contributed by atoms with Crippen LogP contribution in [0.3, 0.4) is 0 Å². The lowest BCUT2D eigenvalue weighted by Gasteiger charge is -2.19. The zero-order valence-electron chi connectivity index (χ0n) is 22.8. The smallest absolute Gasteiger partial charge is 0.340 e. The minimum atomic E-state index is -0.535. The van der Waals surface area contributed by atoms with Gasteiger partial charge in [0.25, 0.3) is 5.91 Å². The highest BCUT2D eigenvalue weighted by molar-refractivity contribution is 6.23. The number of hydrogen-bond donors (Lipinski definition) is 0. The van der Waals surface area contributed by atoms with Crippen LogP contribution >= 0.6 is 0 Å². The first kappa shape index (κ1) is 26.0. The van der Waals surface area contributed by atoms with E-state index in [9.17, 15) is 9.59 Å². The molecule has 0 spiro atoms. The number of hydrogen-bond acceptors (Lipinski definition) is 4. The summed E-state index contributed by atoms with van der Waals surface area (Å²) in [5.74, 6) is 0.342. The summed E-state index contributed by atoms with van der Waals surface area (Å²) in [4.78, 5) is 28.2. The van der Waals surface area contributed by atoms with E-state index in [4.69, 9.17) is 9.47 Å². The molecule has 0 N–H and O–H groups in total. The third kappa shape index (κ3) is 4.59. The summed E-state index contributed by atoms with van der Waals surface area (Å²) in [6, 6.07) is 15.9. The van der Waals surface area contributed by atoms with Crippen LogP contribution in [0, 0.1) is 20.8 Å². The lowest BCUT2D eigenvalue weighted by Crippen LogP contribution is -2.24. The molecule has 2 aromatic carbocycles. The Hall–Kier alpha value is -4.06. The highest BCUT2D eigenvalue weighted by Crippen LogP contribution is 2.37. The molecule has 1 amide bonds. The van der Waals surface area contributed by atoms with E-state index < -0.39 is 5.97 Å². The van der Waals surface area contributed by atoms with Crippen LogP contribution in [0.25, 0.3) is 11.8 Å². The van der Waals surface area contributed by atoms with Crippen molar-refractivity contribution in [2.24, 2.45) is 0 Å². The van der Waals surface area contributed by atoms with Gasteiger partial charge in [-0.05, 0) is 86.7 Å². The van der Waals surface area contributed by atoms with Crippen LogP contribution in [0.4, 0.5) is 5.69 Å². The maximum atomic E-state index is 13.8.